The Bertz CT molecular complexity index is 1230. The van der Waals surface area contributed by atoms with Gasteiger partial charge in [-0.15, -0.1) is 0 Å². The van der Waals surface area contributed by atoms with Gasteiger partial charge in [0.05, 0.1) is 6.04 Å². The van der Waals surface area contributed by atoms with Crippen LogP contribution in [-0.4, -0.2) is 45.2 Å². The van der Waals surface area contributed by atoms with Crippen molar-refractivity contribution in [2.75, 3.05) is 6.54 Å². The Labute approximate surface area is 204 Å². The maximum absolute atomic E-state index is 13.7. The van der Waals surface area contributed by atoms with E-state index in [9.17, 15) is 14.7 Å². The molecule has 2 amide bonds. The SMILES string of the molecule is CC[C@@H](NC(=O)OC(C)(C)C)C(=O)N1CCc2c([nH]c3ccc(Cl)cc23)C1c1cccc(O)c1. The molecule has 3 aromatic rings. The van der Waals surface area contributed by atoms with Gasteiger partial charge in [-0.05, 0) is 75.1 Å². The van der Waals surface area contributed by atoms with Gasteiger partial charge in [-0.25, -0.2) is 4.79 Å². The maximum Gasteiger partial charge on any atom is 0.408 e. The third-order valence-electron chi connectivity index (χ3n) is 5.96. The number of ether oxygens (including phenoxy) is 1. The average molecular weight is 484 g/mol. The predicted octanol–water partition coefficient (Wildman–Crippen LogP) is 5.30. The molecule has 0 aliphatic carbocycles. The summed E-state index contributed by atoms with van der Waals surface area (Å²) >= 11 is 6.26. The topological polar surface area (TPSA) is 94.7 Å². The average Bonchev–Trinajstić information content (AvgIpc) is 3.13. The van der Waals surface area contributed by atoms with Crippen LogP contribution in [0.4, 0.5) is 4.79 Å². The standard InChI is InChI=1S/C26H30ClN3O4/c1-5-20(29-25(33)34-26(2,3)4)24(32)30-12-11-18-19-14-16(27)9-10-21(19)28-22(18)23(30)15-7-6-8-17(31)13-15/h6-10,13-14,20,23,28,31H,5,11-12H2,1-4H3,(H,29,33)/t20-,23?/m1/s1. The Morgan fingerprint density at radius 3 is 2.71 bits per heavy atom. The number of hydrogen-bond donors (Lipinski definition) is 3. The van der Waals surface area contributed by atoms with E-state index in [1.54, 1.807) is 43.9 Å². The number of fused-ring (bicyclic) bond motifs is 3. The van der Waals surface area contributed by atoms with E-state index < -0.39 is 23.8 Å². The van der Waals surface area contributed by atoms with Crippen LogP contribution in [-0.2, 0) is 16.0 Å². The summed E-state index contributed by atoms with van der Waals surface area (Å²) in [7, 11) is 0. The Balaban J connectivity index is 1.73. The third kappa shape index (κ3) is 4.85. The van der Waals surface area contributed by atoms with Gasteiger partial charge < -0.3 is 25.0 Å². The van der Waals surface area contributed by atoms with Crippen molar-refractivity contribution in [1.82, 2.24) is 15.2 Å². The van der Waals surface area contributed by atoms with Crippen LogP contribution >= 0.6 is 11.6 Å². The molecule has 34 heavy (non-hydrogen) atoms. The van der Waals surface area contributed by atoms with E-state index >= 15 is 0 Å². The fourth-order valence-electron chi connectivity index (χ4n) is 4.53. The summed E-state index contributed by atoms with van der Waals surface area (Å²) in [6.07, 6.45) is 0.426. The molecule has 0 bridgehead atoms. The fourth-order valence-corrected chi connectivity index (χ4v) is 4.70. The fraction of sp³-hybridized carbons (Fsp3) is 0.385. The van der Waals surface area contributed by atoms with Crippen LogP contribution in [0.1, 0.15) is 57.0 Å². The Kier molecular flexibility index (Phi) is 6.49. The zero-order valence-electron chi connectivity index (χ0n) is 19.8. The molecule has 0 fully saturated rings. The van der Waals surface area contributed by atoms with Gasteiger partial charge in [-0.1, -0.05) is 30.7 Å². The molecule has 4 rings (SSSR count). The molecule has 0 saturated carbocycles. The quantitative estimate of drug-likeness (QED) is 0.469. The maximum atomic E-state index is 13.7. The number of carbonyl (C=O) groups is 2. The molecule has 2 atom stereocenters. The number of H-pyrrole nitrogens is 1. The van der Waals surface area contributed by atoms with Crippen LogP contribution in [0, 0.1) is 0 Å². The summed E-state index contributed by atoms with van der Waals surface area (Å²) in [5.41, 5.74) is 3.03. The first-order valence-corrected chi connectivity index (χ1v) is 11.8. The second kappa shape index (κ2) is 9.22. The van der Waals surface area contributed by atoms with Gasteiger partial charge in [0.2, 0.25) is 5.91 Å². The number of amides is 2. The lowest BCUT2D eigenvalue weighted by Crippen LogP contribution is -2.52. The second-order valence-corrected chi connectivity index (χ2v) is 10.0. The molecule has 180 valence electrons. The molecule has 8 heteroatoms. The minimum Gasteiger partial charge on any atom is -0.508 e. The molecule has 1 aromatic heterocycles. The number of alkyl carbamates (subject to hydrolysis) is 1. The van der Waals surface area contributed by atoms with Gasteiger partial charge >= 0.3 is 6.09 Å². The normalized spacial score (nSPS) is 16.7. The van der Waals surface area contributed by atoms with Crippen LogP contribution in [0.3, 0.4) is 0 Å². The number of nitrogens with one attached hydrogen (secondary N) is 2. The van der Waals surface area contributed by atoms with Crippen LogP contribution in [0.5, 0.6) is 5.75 Å². The van der Waals surface area contributed by atoms with Crippen LogP contribution in [0.2, 0.25) is 5.02 Å². The summed E-state index contributed by atoms with van der Waals surface area (Å²) in [4.78, 5) is 31.4. The zero-order chi connectivity index (χ0) is 24.6. The Hall–Kier alpha value is -3.19. The van der Waals surface area contributed by atoms with E-state index in [0.29, 0.717) is 24.4 Å². The van der Waals surface area contributed by atoms with Crippen molar-refractivity contribution in [3.63, 3.8) is 0 Å². The van der Waals surface area contributed by atoms with Crippen molar-refractivity contribution in [2.45, 2.75) is 58.2 Å². The highest BCUT2D eigenvalue weighted by Gasteiger charge is 2.37. The minimum atomic E-state index is -0.741. The molecule has 0 spiro atoms. The monoisotopic (exact) mass is 483 g/mol. The molecule has 1 aliphatic rings. The number of carbonyl (C=O) groups excluding carboxylic acids is 2. The van der Waals surface area contributed by atoms with Crippen molar-refractivity contribution in [3.8, 4) is 5.75 Å². The number of phenols is 1. The molecule has 1 unspecified atom stereocenters. The van der Waals surface area contributed by atoms with Crippen molar-refractivity contribution in [2.24, 2.45) is 0 Å². The summed E-state index contributed by atoms with van der Waals surface area (Å²) < 4.78 is 5.37. The van der Waals surface area contributed by atoms with Gasteiger partial charge in [0.1, 0.15) is 17.4 Å². The highest BCUT2D eigenvalue weighted by molar-refractivity contribution is 6.31. The molecule has 0 radical (unpaired) electrons. The van der Waals surface area contributed by atoms with Crippen LogP contribution < -0.4 is 5.32 Å². The molecular weight excluding hydrogens is 454 g/mol. The van der Waals surface area contributed by atoms with E-state index in [2.05, 4.69) is 10.3 Å². The lowest BCUT2D eigenvalue weighted by atomic mass is 9.91. The van der Waals surface area contributed by atoms with Crippen molar-refractivity contribution in [3.05, 3.63) is 64.3 Å². The lowest BCUT2D eigenvalue weighted by molar-refractivity contribution is -0.135. The Morgan fingerprint density at radius 2 is 2.03 bits per heavy atom. The number of benzene rings is 2. The third-order valence-corrected chi connectivity index (χ3v) is 6.19. The summed E-state index contributed by atoms with van der Waals surface area (Å²) in [6.45, 7) is 7.65. The molecule has 2 aromatic carbocycles. The summed E-state index contributed by atoms with van der Waals surface area (Å²) in [5.74, 6) is -0.0841. The van der Waals surface area contributed by atoms with Crippen LogP contribution in [0.25, 0.3) is 10.9 Å². The van der Waals surface area contributed by atoms with E-state index in [1.807, 2.05) is 31.2 Å². The number of nitrogens with zero attached hydrogens (tertiary/aromatic N) is 1. The van der Waals surface area contributed by atoms with Gasteiger partial charge in [0.25, 0.3) is 0 Å². The number of halogens is 1. The van der Waals surface area contributed by atoms with Crippen molar-refractivity contribution in [1.29, 1.82) is 0 Å². The minimum absolute atomic E-state index is 0.120. The molecule has 3 N–H and O–H groups in total. The van der Waals surface area contributed by atoms with Gasteiger partial charge in [0, 0.05) is 28.2 Å². The summed E-state index contributed by atoms with van der Waals surface area (Å²) in [6, 6.07) is 11.4. The van der Waals surface area contributed by atoms with Crippen LogP contribution in [0.15, 0.2) is 42.5 Å². The number of aromatic nitrogens is 1. The zero-order valence-corrected chi connectivity index (χ0v) is 20.6. The Morgan fingerprint density at radius 1 is 1.26 bits per heavy atom. The first kappa shape index (κ1) is 24.0. The number of aromatic amines is 1. The van der Waals surface area contributed by atoms with Crippen molar-refractivity contribution < 1.29 is 19.4 Å². The van der Waals surface area contributed by atoms with E-state index in [4.69, 9.17) is 16.3 Å². The van der Waals surface area contributed by atoms with E-state index in [-0.39, 0.29) is 11.7 Å². The number of aromatic hydroxyl groups is 1. The highest BCUT2D eigenvalue weighted by Crippen LogP contribution is 2.40. The molecule has 1 aliphatic heterocycles. The summed E-state index contributed by atoms with van der Waals surface area (Å²) in [5, 5.41) is 14.6. The van der Waals surface area contributed by atoms with E-state index in [0.717, 1.165) is 27.7 Å². The van der Waals surface area contributed by atoms with E-state index in [1.165, 1.54) is 0 Å². The first-order chi connectivity index (χ1) is 16.1. The molecule has 2 heterocycles. The molecule has 0 saturated heterocycles. The second-order valence-electron chi connectivity index (χ2n) is 9.59. The number of hydrogen-bond acceptors (Lipinski definition) is 4. The predicted molar refractivity (Wildman–Crippen MR) is 132 cm³/mol. The lowest BCUT2D eigenvalue weighted by Gasteiger charge is -2.38. The van der Waals surface area contributed by atoms with Gasteiger partial charge in [-0.2, -0.15) is 0 Å². The number of rotatable bonds is 4. The number of phenolic OH excluding ortho intramolecular Hbond substituents is 1. The molecule has 7 nitrogen and oxygen atoms in total. The van der Waals surface area contributed by atoms with Gasteiger partial charge in [-0.3, -0.25) is 4.79 Å². The molecular formula is C26H30ClN3O4. The first-order valence-electron chi connectivity index (χ1n) is 11.5. The smallest absolute Gasteiger partial charge is 0.408 e. The van der Waals surface area contributed by atoms with Crippen molar-refractivity contribution >= 4 is 34.5 Å². The highest BCUT2D eigenvalue weighted by atomic mass is 35.5. The largest absolute Gasteiger partial charge is 0.508 e. The van der Waals surface area contributed by atoms with Gasteiger partial charge in [0.15, 0.2) is 0 Å².